The van der Waals surface area contributed by atoms with Gasteiger partial charge >= 0.3 is 11.9 Å². The zero-order valence-electron chi connectivity index (χ0n) is 18.6. The lowest BCUT2D eigenvalue weighted by Crippen LogP contribution is -2.41. The molecule has 0 radical (unpaired) electrons. The molecule has 0 heterocycles. The van der Waals surface area contributed by atoms with Crippen molar-refractivity contribution < 1.29 is 19.1 Å². The maximum Gasteiger partial charge on any atom is 0.331 e. The number of methoxy groups -OCH3 is 1. The van der Waals surface area contributed by atoms with Crippen LogP contribution in [0.3, 0.4) is 0 Å². The summed E-state index contributed by atoms with van der Waals surface area (Å²) in [6, 6.07) is -0.618. The summed E-state index contributed by atoms with van der Waals surface area (Å²) in [5, 5.41) is 0. The Kier molecular flexibility index (Phi) is 5.44. The molecule has 0 aromatic carbocycles. The van der Waals surface area contributed by atoms with E-state index in [2.05, 4.69) is 20.8 Å². The highest BCUT2D eigenvalue weighted by molar-refractivity contribution is 5.96. The lowest BCUT2D eigenvalue weighted by Gasteiger charge is -2.36. The minimum Gasteiger partial charge on any atom is -0.469 e. The molecular formula is C23H37NO4. The fourth-order valence-corrected chi connectivity index (χ4v) is 5.79. The van der Waals surface area contributed by atoms with Crippen LogP contribution in [0.4, 0.5) is 0 Å². The normalized spacial score (nSPS) is 36.5. The monoisotopic (exact) mass is 391 g/mol. The SMILES string of the molecule is COC(=O)[C@@H]1CCC[C@@H]1C(/N=C1\CC2CCC1(C)C2(C)C)C(=O)OC(C)(C)C. The molecule has 3 aliphatic rings. The van der Waals surface area contributed by atoms with Gasteiger partial charge in [0.25, 0.3) is 0 Å². The highest BCUT2D eigenvalue weighted by atomic mass is 16.6. The van der Waals surface area contributed by atoms with Gasteiger partial charge in [-0.1, -0.05) is 27.2 Å². The lowest BCUT2D eigenvalue weighted by molar-refractivity contribution is -0.159. The molecule has 0 aliphatic heterocycles. The molecule has 5 heteroatoms. The van der Waals surface area contributed by atoms with Crippen molar-refractivity contribution in [1.82, 2.24) is 0 Å². The molecule has 0 N–H and O–H groups in total. The van der Waals surface area contributed by atoms with Crippen LogP contribution < -0.4 is 0 Å². The number of hydrogen-bond donors (Lipinski definition) is 0. The van der Waals surface area contributed by atoms with E-state index in [1.807, 2.05) is 20.8 Å². The molecular weight excluding hydrogens is 354 g/mol. The Morgan fingerprint density at radius 2 is 1.82 bits per heavy atom. The van der Waals surface area contributed by atoms with E-state index < -0.39 is 11.6 Å². The molecule has 5 nitrogen and oxygen atoms in total. The third kappa shape index (κ3) is 3.50. The highest BCUT2D eigenvalue weighted by Gasteiger charge is 2.60. The summed E-state index contributed by atoms with van der Waals surface area (Å²) < 4.78 is 10.8. The molecule has 3 aliphatic carbocycles. The van der Waals surface area contributed by atoms with E-state index in [-0.39, 0.29) is 34.6 Å². The fraction of sp³-hybridized carbons (Fsp3) is 0.870. The summed E-state index contributed by atoms with van der Waals surface area (Å²) in [4.78, 5) is 30.6. The predicted molar refractivity (Wildman–Crippen MR) is 109 cm³/mol. The molecule has 3 fully saturated rings. The minimum atomic E-state index is -0.618. The summed E-state index contributed by atoms with van der Waals surface area (Å²) in [5.41, 5.74) is 0.798. The predicted octanol–water partition coefficient (Wildman–Crippen LogP) is 4.57. The van der Waals surface area contributed by atoms with Crippen molar-refractivity contribution in [3.8, 4) is 0 Å². The molecule has 0 spiro atoms. The van der Waals surface area contributed by atoms with Crippen molar-refractivity contribution in [2.75, 3.05) is 7.11 Å². The minimum absolute atomic E-state index is 0.0251. The van der Waals surface area contributed by atoms with E-state index in [1.54, 1.807) is 0 Å². The first kappa shape index (κ1) is 21.3. The average Bonchev–Trinajstić information content (AvgIpc) is 3.20. The Labute approximate surface area is 169 Å². The number of nitrogens with zero attached hydrogens (tertiary/aromatic N) is 1. The van der Waals surface area contributed by atoms with Crippen LogP contribution in [0.15, 0.2) is 4.99 Å². The standard InChI is InChI=1S/C23H37NO4/c1-21(2,3)28-20(26)18(15-9-8-10-16(15)19(25)27-7)24-17-13-14-11-12-23(17,6)22(14,4)5/h14-16,18H,8-13H2,1-7H3/b24-17+/t14?,15-,16+,18?,23?/m0/s1. The lowest BCUT2D eigenvalue weighted by atomic mass is 9.70. The molecule has 3 unspecified atom stereocenters. The number of esters is 2. The number of rotatable bonds is 4. The van der Waals surface area contributed by atoms with Crippen LogP contribution >= 0.6 is 0 Å². The number of hydrogen-bond acceptors (Lipinski definition) is 5. The molecule has 0 amide bonds. The van der Waals surface area contributed by atoms with Gasteiger partial charge < -0.3 is 9.47 Å². The quantitative estimate of drug-likeness (QED) is 0.658. The fourth-order valence-electron chi connectivity index (χ4n) is 5.79. The van der Waals surface area contributed by atoms with E-state index in [4.69, 9.17) is 14.5 Å². The van der Waals surface area contributed by atoms with Gasteiger partial charge in [0.05, 0.1) is 13.0 Å². The second-order valence-electron chi connectivity index (χ2n) is 10.8. The van der Waals surface area contributed by atoms with Crippen LogP contribution in [-0.2, 0) is 19.1 Å². The zero-order chi connectivity index (χ0) is 20.9. The van der Waals surface area contributed by atoms with Gasteiger partial charge in [0.1, 0.15) is 5.60 Å². The first-order chi connectivity index (χ1) is 12.9. The summed E-state index contributed by atoms with van der Waals surface area (Å²) >= 11 is 0. The van der Waals surface area contributed by atoms with Crippen LogP contribution in [0.25, 0.3) is 0 Å². The van der Waals surface area contributed by atoms with Gasteiger partial charge in [-0.25, -0.2) is 4.79 Å². The molecule has 5 atom stereocenters. The van der Waals surface area contributed by atoms with Crippen LogP contribution in [-0.4, -0.2) is 36.4 Å². The number of carbonyl (C=O) groups is 2. The van der Waals surface area contributed by atoms with E-state index in [0.717, 1.165) is 37.8 Å². The van der Waals surface area contributed by atoms with Crippen LogP contribution in [0.2, 0.25) is 0 Å². The van der Waals surface area contributed by atoms with Crippen molar-refractivity contribution in [2.45, 2.75) is 91.7 Å². The van der Waals surface area contributed by atoms with Gasteiger partial charge in [-0.3, -0.25) is 9.79 Å². The van der Waals surface area contributed by atoms with Gasteiger partial charge in [-0.05, 0) is 64.2 Å². The largest absolute Gasteiger partial charge is 0.469 e. The molecule has 3 saturated carbocycles. The number of fused-ring (bicyclic) bond motifs is 2. The molecule has 0 aromatic rings. The number of carbonyl (C=O) groups excluding carboxylic acids is 2. The smallest absolute Gasteiger partial charge is 0.331 e. The first-order valence-electron chi connectivity index (χ1n) is 10.8. The Morgan fingerprint density at radius 3 is 2.32 bits per heavy atom. The third-order valence-electron chi connectivity index (χ3n) is 7.93. The molecule has 3 rings (SSSR count). The summed E-state index contributed by atoms with van der Waals surface area (Å²) in [5.74, 6) is -0.317. The Hall–Kier alpha value is -1.39. The van der Waals surface area contributed by atoms with Crippen molar-refractivity contribution >= 4 is 17.7 Å². The Balaban J connectivity index is 1.96. The van der Waals surface area contributed by atoms with Gasteiger partial charge in [0, 0.05) is 17.0 Å². The van der Waals surface area contributed by atoms with Gasteiger partial charge in [0.2, 0.25) is 0 Å². The maximum absolute atomic E-state index is 13.2. The highest BCUT2D eigenvalue weighted by Crippen LogP contribution is 2.64. The Morgan fingerprint density at radius 1 is 1.14 bits per heavy atom. The van der Waals surface area contributed by atoms with E-state index in [1.165, 1.54) is 13.5 Å². The summed E-state index contributed by atoms with van der Waals surface area (Å²) in [7, 11) is 1.42. The topological polar surface area (TPSA) is 65.0 Å². The molecule has 0 aromatic heterocycles. The third-order valence-corrected chi connectivity index (χ3v) is 7.93. The van der Waals surface area contributed by atoms with E-state index in [9.17, 15) is 9.59 Å². The summed E-state index contributed by atoms with van der Waals surface area (Å²) in [6.07, 6.45) is 5.79. The van der Waals surface area contributed by atoms with Gasteiger partial charge in [0.15, 0.2) is 6.04 Å². The molecule has 28 heavy (non-hydrogen) atoms. The molecule has 0 saturated heterocycles. The van der Waals surface area contributed by atoms with Gasteiger partial charge in [-0.15, -0.1) is 0 Å². The van der Waals surface area contributed by atoms with Crippen molar-refractivity contribution in [3.05, 3.63) is 0 Å². The second-order valence-corrected chi connectivity index (χ2v) is 10.8. The Bertz CT molecular complexity index is 675. The van der Waals surface area contributed by atoms with E-state index >= 15 is 0 Å². The van der Waals surface area contributed by atoms with Crippen LogP contribution in [0.5, 0.6) is 0 Å². The average molecular weight is 392 g/mol. The zero-order valence-corrected chi connectivity index (χ0v) is 18.6. The van der Waals surface area contributed by atoms with Gasteiger partial charge in [-0.2, -0.15) is 0 Å². The number of aliphatic imine (C=N–C) groups is 1. The summed E-state index contributed by atoms with van der Waals surface area (Å²) in [6.45, 7) is 12.6. The van der Waals surface area contributed by atoms with Crippen molar-refractivity contribution in [3.63, 3.8) is 0 Å². The first-order valence-corrected chi connectivity index (χ1v) is 10.8. The van der Waals surface area contributed by atoms with Crippen LogP contribution in [0.1, 0.15) is 80.1 Å². The maximum atomic E-state index is 13.2. The van der Waals surface area contributed by atoms with Crippen molar-refractivity contribution in [1.29, 1.82) is 0 Å². The second kappa shape index (κ2) is 7.14. The van der Waals surface area contributed by atoms with Crippen LogP contribution in [0, 0.1) is 28.6 Å². The van der Waals surface area contributed by atoms with Crippen molar-refractivity contribution in [2.24, 2.45) is 33.6 Å². The molecule has 2 bridgehead atoms. The number of ether oxygens (including phenoxy) is 2. The van der Waals surface area contributed by atoms with E-state index in [0.29, 0.717) is 5.92 Å². The molecule has 158 valence electrons.